The van der Waals surface area contributed by atoms with Crippen molar-refractivity contribution in [1.82, 2.24) is 4.90 Å². The maximum atomic E-state index is 12.2. The molecule has 0 aromatic heterocycles. The van der Waals surface area contributed by atoms with E-state index >= 15 is 0 Å². The molecule has 7 heteroatoms. The molecule has 0 fully saturated rings. The third kappa shape index (κ3) is 5.85. The fourth-order valence-corrected chi connectivity index (χ4v) is 1.73. The van der Waals surface area contributed by atoms with Crippen LogP contribution in [-0.4, -0.2) is 36.2 Å². The van der Waals surface area contributed by atoms with Crippen LogP contribution < -0.4 is 4.74 Å². The smallest absolute Gasteiger partial charge is 0.387 e. The van der Waals surface area contributed by atoms with Gasteiger partial charge in [-0.25, -0.2) is 0 Å². The van der Waals surface area contributed by atoms with E-state index in [9.17, 15) is 13.6 Å². The largest absolute Gasteiger partial charge is 0.481 e. The molecule has 0 radical (unpaired) electrons. The van der Waals surface area contributed by atoms with Crippen molar-refractivity contribution >= 4 is 17.6 Å². The standard InChI is InChI=1S/C12H14ClF2NO3/c1-16(5-4-11(17)18)7-8-6-9(13)2-3-10(8)19-12(14)15/h2-3,6,12H,4-5,7H2,1H3,(H,17,18). The molecule has 0 amide bonds. The second-order valence-corrected chi connectivity index (χ2v) is 4.45. The van der Waals surface area contributed by atoms with E-state index in [4.69, 9.17) is 16.7 Å². The van der Waals surface area contributed by atoms with Crippen molar-refractivity contribution < 1.29 is 23.4 Å². The van der Waals surface area contributed by atoms with Crippen molar-refractivity contribution in [3.8, 4) is 5.75 Å². The van der Waals surface area contributed by atoms with E-state index in [0.29, 0.717) is 17.1 Å². The molecule has 0 unspecified atom stereocenters. The average molecular weight is 294 g/mol. The van der Waals surface area contributed by atoms with E-state index in [0.717, 1.165) is 0 Å². The van der Waals surface area contributed by atoms with Crippen LogP contribution in [0.15, 0.2) is 18.2 Å². The van der Waals surface area contributed by atoms with Crippen molar-refractivity contribution in [2.45, 2.75) is 19.6 Å². The molecule has 0 saturated carbocycles. The zero-order chi connectivity index (χ0) is 14.4. The van der Waals surface area contributed by atoms with Gasteiger partial charge in [0.05, 0.1) is 6.42 Å². The molecule has 0 saturated heterocycles. The third-order valence-corrected chi connectivity index (χ3v) is 2.62. The number of nitrogens with zero attached hydrogens (tertiary/aromatic N) is 1. The number of hydrogen-bond acceptors (Lipinski definition) is 3. The van der Waals surface area contributed by atoms with E-state index < -0.39 is 12.6 Å². The van der Waals surface area contributed by atoms with Crippen LogP contribution in [0.3, 0.4) is 0 Å². The van der Waals surface area contributed by atoms with Gasteiger partial charge in [0.15, 0.2) is 0 Å². The molecular formula is C12H14ClF2NO3. The van der Waals surface area contributed by atoms with Gasteiger partial charge in [-0.2, -0.15) is 8.78 Å². The van der Waals surface area contributed by atoms with Gasteiger partial charge in [-0.1, -0.05) is 11.6 Å². The average Bonchev–Trinajstić information content (AvgIpc) is 2.29. The Hall–Kier alpha value is -1.40. The Balaban J connectivity index is 2.74. The monoisotopic (exact) mass is 293 g/mol. The predicted molar refractivity (Wildman–Crippen MR) is 66.7 cm³/mol. The van der Waals surface area contributed by atoms with Gasteiger partial charge in [-0.05, 0) is 25.2 Å². The quantitative estimate of drug-likeness (QED) is 0.840. The first-order valence-corrected chi connectivity index (χ1v) is 5.90. The molecule has 0 spiro atoms. The fraction of sp³-hybridized carbons (Fsp3) is 0.417. The SMILES string of the molecule is CN(CCC(=O)O)Cc1cc(Cl)ccc1OC(F)F. The second-order valence-electron chi connectivity index (χ2n) is 4.01. The van der Waals surface area contributed by atoms with Crippen molar-refractivity contribution in [1.29, 1.82) is 0 Å². The summed E-state index contributed by atoms with van der Waals surface area (Å²) >= 11 is 5.81. The maximum absolute atomic E-state index is 12.2. The number of carboxylic acid groups (broad SMARTS) is 1. The molecule has 19 heavy (non-hydrogen) atoms. The highest BCUT2D eigenvalue weighted by Gasteiger charge is 2.12. The Morgan fingerprint density at radius 2 is 2.21 bits per heavy atom. The molecule has 0 aliphatic rings. The van der Waals surface area contributed by atoms with Crippen LogP contribution in [-0.2, 0) is 11.3 Å². The number of benzene rings is 1. The number of carbonyl (C=O) groups is 1. The Morgan fingerprint density at radius 3 is 2.79 bits per heavy atom. The number of ether oxygens (including phenoxy) is 1. The summed E-state index contributed by atoms with van der Waals surface area (Å²) in [5, 5.41) is 8.98. The van der Waals surface area contributed by atoms with Crippen molar-refractivity contribution in [3.05, 3.63) is 28.8 Å². The zero-order valence-electron chi connectivity index (χ0n) is 10.3. The summed E-state index contributed by atoms with van der Waals surface area (Å²) in [6.07, 6.45) is -0.0257. The van der Waals surface area contributed by atoms with Crippen molar-refractivity contribution in [3.63, 3.8) is 0 Å². The van der Waals surface area contributed by atoms with Crippen molar-refractivity contribution in [2.24, 2.45) is 0 Å². The van der Waals surface area contributed by atoms with Gasteiger partial charge in [-0.3, -0.25) is 4.79 Å². The minimum Gasteiger partial charge on any atom is -0.481 e. The lowest BCUT2D eigenvalue weighted by Crippen LogP contribution is -2.22. The van der Waals surface area contributed by atoms with Crippen molar-refractivity contribution in [2.75, 3.05) is 13.6 Å². The van der Waals surface area contributed by atoms with Crippen LogP contribution in [0.4, 0.5) is 8.78 Å². The second kappa shape index (κ2) is 7.25. The maximum Gasteiger partial charge on any atom is 0.387 e. The highest BCUT2D eigenvalue weighted by atomic mass is 35.5. The molecule has 0 bridgehead atoms. The van der Waals surface area contributed by atoms with Gasteiger partial charge in [0, 0.05) is 23.7 Å². The molecule has 1 rings (SSSR count). The lowest BCUT2D eigenvalue weighted by molar-refractivity contribution is -0.137. The summed E-state index contributed by atoms with van der Waals surface area (Å²) in [6, 6.07) is 4.35. The molecule has 0 aliphatic heterocycles. The Kier molecular flexibility index (Phi) is 5.98. The van der Waals surface area contributed by atoms with Crippen LogP contribution in [0.2, 0.25) is 5.02 Å². The first-order chi connectivity index (χ1) is 8.88. The Morgan fingerprint density at radius 1 is 1.53 bits per heavy atom. The topological polar surface area (TPSA) is 49.8 Å². The number of carboxylic acids is 1. The summed E-state index contributed by atoms with van der Waals surface area (Å²) in [5.74, 6) is -0.872. The molecule has 106 valence electrons. The molecule has 1 aromatic rings. The van der Waals surface area contributed by atoms with Crippen LogP contribution in [0.1, 0.15) is 12.0 Å². The van der Waals surface area contributed by atoms with E-state index in [1.807, 2.05) is 0 Å². The molecule has 4 nitrogen and oxygen atoms in total. The summed E-state index contributed by atoms with van der Waals surface area (Å²) in [7, 11) is 1.69. The van der Waals surface area contributed by atoms with E-state index in [-0.39, 0.29) is 18.7 Å². The highest BCUT2D eigenvalue weighted by molar-refractivity contribution is 6.30. The van der Waals surface area contributed by atoms with Gasteiger partial charge in [-0.15, -0.1) is 0 Å². The van der Waals surface area contributed by atoms with Gasteiger partial charge in [0.25, 0.3) is 0 Å². The highest BCUT2D eigenvalue weighted by Crippen LogP contribution is 2.25. The number of halogens is 3. The van der Waals surface area contributed by atoms with E-state index in [1.165, 1.54) is 18.2 Å². The molecule has 1 N–H and O–H groups in total. The molecule has 0 heterocycles. The van der Waals surface area contributed by atoms with Gasteiger partial charge in [0.2, 0.25) is 0 Å². The summed E-state index contributed by atoms with van der Waals surface area (Å²) in [6.45, 7) is -2.34. The summed E-state index contributed by atoms with van der Waals surface area (Å²) in [5.41, 5.74) is 0.487. The molecular weight excluding hydrogens is 280 g/mol. The van der Waals surface area contributed by atoms with Crippen LogP contribution in [0.5, 0.6) is 5.75 Å². The molecule has 0 aliphatic carbocycles. The van der Waals surface area contributed by atoms with Crippen LogP contribution in [0.25, 0.3) is 0 Å². The first-order valence-electron chi connectivity index (χ1n) is 5.52. The molecule has 1 aromatic carbocycles. The summed E-state index contributed by atoms with van der Waals surface area (Å²) < 4.78 is 28.9. The van der Waals surface area contributed by atoms with Crippen LogP contribution in [0, 0.1) is 0 Å². The fourth-order valence-electron chi connectivity index (χ4n) is 1.54. The minimum absolute atomic E-state index is 0.0257. The minimum atomic E-state index is -2.91. The first kappa shape index (κ1) is 15.7. The van der Waals surface area contributed by atoms with Gasteiger partial charge < -0.3 is 14.7 Å². The van der Waals surface area contributed by atoms with Crippen LogP contribution >= 0.6 is 11.6 Å². The van der Waals surface area contributed by atoms with Gasteiger partial charge in [0.1, 0.15) is 5.75 Å². The van der Waals surface area contributed by atoms with E-state index in [1.54, 1.807) is 11.9 Å². The normalized spacial score (nSPS) is 11.1. The molecule has 0 atom stereocenters. The summed E-state index contributed by atoms with van der Waals surface area (Å²) in [4.78, 5) is 12.1. The number of alkyl halides is 2. The lowest BCUT2D eigenvalue weighted by atomic mass is 10.2. The predicted octanol–water partition coefficient (Wildman–Crippen LogP) is 2.85. The Labute approximate surface area is 114 Å². The Bertz CT molecular complexity index is 443. The van der Waals surface area contributed by atoms with E-state index in [2.05, 4.69) is 4.74 Å². The zero-order valence-corrected chi connectivity index (χ0v) is 11.0. The lowest BCUT2D eigenvalue weighted by Gasteiger charge is -2.18. The third-order valence-electron chi connectivity index (χ3n) is 2.39. The number of rotatable bonds is 7. The number of aliphatic carboxylic acids is 1. The van der Waals surface area contributed by atoms with Gasteiger partial charge >= 0.3 is 12.6 Å². The number of hydrogen-bond donors (Lipinski definition) is 1.